The maximum atomic E-state index is 12.2. The molecule has 1 saturated heterocycles. The second kappa shape index (κ2) is 9.92. The number of fused-ring (bicyclic) bond motifs is 3. The van der Waals surface area contributed by atoms with Crippen molar-refractivity contribution in [3.8, 4) is 11.1 Å². The number of β-amino-alcohol motifs (C(OH)–C–C–N with tert-alkyl or cyclic N) is 1. The highest BCUT2D eigenvalue weighted by atomic mass is 16.5. The lowest BCUT2D eigenvalue weighted by atomic mass is 9.98. The molecule has 0 saturated carbocycles. The van der Waals surface area contributed by atoms with Gasteiger partial charge in [-0.15, -0.1) is 0 Å². The lowest BCUT2D eigenvalue weighted by Crippen LogP contribution is -2.47. The molecule has 2 unspecified atom stereocenters. The number of carboxylic acid groups (broad SMARTS) is 1. The minimum absolute atomic E-state index is 0.0572. The molecular formula is C24H25N3O7. The Hall–Kier alpha value is -3.92. The van der Waals surface area contributed by atoms with Crippen molar-refractivity contribution in [2.45, 2.75) is 24.5 Å². The van der Waals surface area contributed by atoms with Gasteiger partial charge in [-0.2, -0.15) is 0 Å². The third-order valence-corrected chi connectivity index (χ3v) is 6.06. The molecule has 2 aromatic carbocycles. The van der Waals surface area contributed by atoms with E-state index in [1.165, 1.54) is 0 Å². The normalized spacial score (nSPS) is 18.7. The van der Waals surface area contributed by atoms with Gasteiger partial charge in [0.1, 0.15) is 19.2 Å². The Balaban J connectivity index is 1.23. The number of carboxylic acids is 1. The van der Waals surface area contributed by atoms with Gasteiger partial charge < -0.3 is 30.5 Å². The topological polar surface area (TPSA) is 145 Å². The number of hydrogen-bond donors (Lipinski definition) is 4. The summed E-state index contributed by atoms with van der Waals surface area (Å²) < 4.78 is 5.35. The third kappa shape index (κ3) is 4.86. The van der Waals surface area contributed by atoms with Crippen LogP contribution in [0.2, 0.25) is 0 Å². The number of carbonyl (C=O) groups is 4. The molecule has 1 heterocycles. The van der Waals surface area contributed by atoms with E-state index in [2.05, 4.69) is 10.6 Å². The molecule has 10 nitrogen and oxygen atoms in total. The second-order valence-electron chi connectivity index (χ2n) is 8.25. The van der Waals surface area contributed by atoms with E-state index in [1.54, 1.807) is 0 Å². The fourth-order valence-corrected chi connectivity index (χ4v) is 4.46. The smallest absolute Gasteiger partial charge is 0.407 e. The zero-order chi connectivity index (χ0) is 24.2. The highest BCUT2D eigenvalue weighted by molar-refractivity contribution is 5.89. The van der Waals surface area contributed by atoms with Crippen molar-refractivity contribution in [3.05, 3.63) is 59.7 Å². The van der Waals surface area contributed by atoms with E-state index < -0.39 is 49.1 Å². The fourth-order valence-electron chi connectivity index (χ4n) is 4.46. The minimum Gasteiger partial charge on any atom is -0.480 e. The van der Waals surface area contributed by atoms with Crippen molar-refractivity contribution in [2.75, 3.05) is 26.2 Å². The molecule has 4 rings (SSSR count). The van der Waals surface area contributed by atoms with E-state index in [4.69, 9.17) is 9.84 Å². The number of likely N-dealkylation sites (tertiary alicyclic amines) is 1. The first-order chi connectivity index (χ1) is 16.3. The van der Waals surface area contributed by atoms with Crippen molar-refractivity contribution in [1.82, 2.24) is 15.5 Å². The maximum absolute atomic E-state index is 12.2. The molecule has 0 aromatic heterocycles. The quantitative estimate of drug-likeness (QED) is 0.469. The summed E-state index contributed by atoms with van der Waals surface area (Å²) in [5.41, 5.74) is 4.34. The van der Waals surface area contributed by atoms with Gasteiger partial charge in [0.05, 0.1) is 12.6 Å². The molecule has 0 spiro atoms. The molecular weight excluding hydrogens is 442 g/mol. The largest absolute Gasteiger partial charge is 0.480 e. The summed E-state index contributed by atoms with van der Waals surface area (Å²) in [6.07, 6.45) is -1.74. The number of ether oxygens (including phenoxy) is 1. The van der Waals surface area contributed by atoms with E-state index in [1.807, 2.05) is 48.5 Å². The van der Waals surface area contributed by atoms with Crippen LogP contribution in [-0.4, -0.2) is 77.4 Å². The second-order valence-corrected chi connectivity index (χ2v) is 8.25. The van der Waals surface area contributed by atoms with Gasteiger partial charge in [0, 0.05) is 18.9 Å². The molecule has 34 heavy (non-hydrogen) atoms. The number of rotatable bonds is 7. The molecule has 0 radical (unpaired) electrons. The van der Waals surface area contributed by atoms with Gasteiger partial charge in [0.25, 0.3) is 0 Å². The van der Waals surface area contributed by atoms with Gasteiger partial charge in [-0.3, -0.25) is 9.59 Å². The minimum atomic E-state index is -1.21. The number of nitrogens with one attached hydrogen (secondary N) is 2. The van der Waals surface area contributed by atoms with Gasteiger partial charge in [0.15, 0.2) is 0 Å². The summed E-state index contributed by atoms with van der Waals surface area (Å²) in [5.74, 6) is -2.58. The Kier molecular flexibility index (Phi) is 6.78. The third-order valence-electron chi connectivity index (χ3n) is 6.06. The number of carbonyl (C=O) groups excluding carboxylic acids is 3. The van der Waals surface area contributed by atoms with Crippen LogP contribution < -0.4 is 10.6 Å². The van der Waals surface area contributed by atoms with Crippen molar-refractivity contribution in [1.29, 1.82) is 0 Å². The SMILES string of the molecule is O=C(CNC(=O)OCC1c2ccccc2-c2ccccc21)NCC(=O)N1CC(O)CC1C(=O)O. The van der Waals surface area contributed by atoms with E-state index in [0.717, 1.165) is 27.2 Å². The number of nitrogens with zero attached hydrogens (tertiary/aromatic N) is 1. The van der Waals surface area contributed by atoms with Crippen LogP contribution in [0.1, 0.15) is 23.5 Å². The Morgan fingerprint density at radius 3 is 2.18 bits per heavy atom. The fraction of sp³-hybridized carbons (Fsp3) is 0.333. The molecule has 2 aromatic rings. The lowest BCUT2D eigenvalue weighted by molar-refractivity contribution is -0.148. The predicted octanol–water partition coefficient (Wildman–Crippen LogP) is 0.688. The molecule has 4 N–H and O–H groups in total. The number of aliphatic hydroxyl groups excluding tert-OH is 1. The average Bonchev–Trinajstić information content (AvgIpc) is 3.38. The summed E-state index contributed by atoms with van der Waals surface area (Å²) in [7, 11) is 0. The summed E-state index contributed by atoms with van der Waals surface area (Å²) in [6, 6.07) is 14.7. The first-order valence-corrected chi connectivity index (χ1v) is 10.9. The molecule has 2 aliphatic rings. The van der Waals surface area contributed by atoms with Crippen molar-refractivity contribution >= 4 is 23.9 Å². The van der Waals surface area contributed by atoms with E-state index in [0.29, 0.717) is 0 Å². The Labute approximate surface area is 195 Å². The number of amides is 3. The van der Waals surface area contributed by atoms with Crippen LogP contribution in [0.15, 0.2) is 48.5 Å². The van der Waals surface area contributed by atoms with Crippen LogP contribution in [0, 0.1) is 0 Å². The van der Waals surface area contributed by atoms with Crippen LogP contribution in [0.25, 0.3) is 11.1 Å². The average molecular weight is 467 g/mol. The number of benzene rings is 2. The maximum Gasteiger partial charge on any atom is 0.407 e. The Bertz CT molecular complexity index is 1070. The number of aliphatic carboxylic acids is 1. The van der Waals surface area contributed by atoms with E-state index >= 15 is 0 Å². The molecule has 1 fully saturated rings. The predicted molar refractivity (Wildman–Crippen MR) is 120 cm³/mol. The monoisotopic (exact) mass is 467 g/mol. The summed E-state index contributed by atoms with van der Waals surface area (Å²) in [4.78, 5) is 48.6. The Morgan fingerprint density at radius 1 is 0.941 bits per heavy atom. The van der Waals surface area contributed by atoms with Gasteiger partial charge in [0.2, 0.25) is 11.8 Å². The summed E-state index contributed by atoms with van der Waals surface area (Å²) in [6.45, 7) is -0.853. The van der Waals surface area contributed by atoms with E-state index in [-0.39, 0.29) is 25.5 Å². The zero-order valence-electron chi connectivity index (χ0n) is 18.3. The number of alkyl carbamates (subject to hydrolysis) is 1. The zero-order valence-corrected chi connectivity index (χ0v) is 18.3. The highest BCUT2D eigenvalue weighted by Gasteiger charge is 2.38. The van der Waals surface area contributed by atoms with Crippen molar-refractivity contribution in [2.24, 2.45) is 0 Å². The first kappa shape index (κ1) is 23.2. The Morgan fingerprint density at radius 2 is 1.56 bits per heavy atom. The standard InChI is InChI=1S/C24H25N3O7/c28-14-9-20(23(31)32)27(12-14)22(30)11-25-21(29)10-26-24(33)34-13-19-17-7-3-1-5-15(17)16-6-2-4-8-18(16)19/h1-8,14,19-20,28H,9-13H2,(H,25,29)(H,26,33)(H,31,32). The van der Waals surface area contributed by atoms with Crippen LogP contribution in [0.5, 0.6) is 0 Å². The molecule has 10 heteroatoms. The van der Waals surface area contributed by atoms with Gasteiger partial charge >= 0.3 is 12.1 Å². The van der Waals surface area contributed by atoms with Crippen molar-refractivity contribution in [3.63, 3.8) is 0 Å². The molecule has 0 bridgehead atoms. The summed E-state index contributed by atoms with van der Waals surface area (Å²) >= 11 is 0. The molecule has 1 aliphatic heterocycles. The molecule has 3 amide bonds. The van der Waals surface area contributed by atoms with Gasteiger partial charge in [-0.25, -0.2) is 9.59 Å². The van der Waals surface area contributed by atoms with Crippen LogP contribution in [-0.2, 0) is 19.1 Å². The van der Waals surface area contributed by atoms with Gasteiger partial charge in [-0.05, 0) is 22.3 Å². The highest BCUT2D eigenvalue weighted by Crippen LogP contribution is 2.44. The molecule has 2 atom stereocenters. The summed E-state index contributed by atoms with van der Waals surface area (Å²) in [5, 5.41) is 23.5. The van der Waals surface area contributed by atoms with Gasteiger partial charge in [-0.1, -0.05) is 48.5 Å². The molecule has 178 valence electrons. The van der Waals surface area contributed by atoms with Crippen LogP contribution in [0.3, 0.4) is 0 Å². The number of hydrogen-bond acceptors (Lipinski definition) is 6. The molecule has 1 aliphatic carbocycles. The van der Waals surface area contributed by atoms with Crippen molar-refractivity contribution < 1.29 is 34.1 Å². The van der Waals surface area contributed by atoms with Crippen LogP contribution >= 0.6 is 0 Å². The first-order valence-electron chi connectivity index (χ1n) is 10.9. The number of aliphatic hydroxyl groups is 1. The lowest BCUT2D eigenvalue weighted by Gasteiger charge is -2.21. The van der Waals surface area contributed by atoms with Crippen LogP contribution in [0.4, 0.5) is 4.79 Å². The van der Waals surface area contributed by atoms with E-state index in [9.17, 15) is 24.3 Å².